The molecular formula is C9H18N4O2. The summed E-state index contributed by atoms with van der Waals surface area (Å²) in [5.74, 6) is 0.773. The molecule has 0 radical (unpaired) electrons. The monoisotopic (exact) mass is 214 g/mol. The van der Waals surface area contributed by atoms with Gasteiger partial charge in [-0.05, 0) is 6.42 Å². The van der Waals surface area contributed by atoms with Gasteiger partial charge in [0.25, 0.3) is 0 Å². The highest BCUT2D eigenvalue weighted by molar-refractivity contribution is 4.90. The van der Waals surface area contributed by atoms with E-state index in [1.54, 1.807) is 11.7 Å². The summed E-state index contributed by atoms with van der Waals surface area (Å²) in [5, 5.41) is 25.5. The lowest BCUT2D eigenvalue weighted by atomic mass is 9.98. The predicted molar refractivity (Wildman–Crippen MR) is 55.0 cm³/mol. The van der Waals surface area contributed by atoms with E-state index >= 15 is 0 Å². The average molecular weight is 214 g/mol. The van der Waals surface area contributed by atoms with Crippen LogP contribution in [0.2, 0.25) is 0 Å². The Labute approximate surface area is 89.0 Å². The van der Waals surface area contributed by atoms with E-state index in [1.807, 2.05) is 6.92 Å². The molecule has 0 fully saturated rings. The van der Waals surface area contributed by atoms with E-state index in [4.69, 9.17) is 0 Å². The number of nitrogens with one attached hydrogen (secondary N) is 1. The van der Waals surface area contributed by atoms with Crippen LogP contribution in [0.3, 0.4) is 0 Å². The molecule has 15 heavy (non-hydrogen) atoms. The van der Waals surface area contributed by atoms with E-state index in [-0.39, 0.29) is 13.2 Å². The normalized spacial score (nSPS) is 12.0. The maximum absolute atomic E-state index is 9.21. The van der Waals surface area contributed by atoms with Crippen molar-refractivity contribution in [3.63, 3.8) is 0 Å². The van der Waals surface area contributed by atoms with Gasteiger partial charge in [0, 0.05) is 7.05 Å². The number of rotatable bonds is 6. The van der Waals surface area contributed by atoms with Crippen molar-refractivity contribution in [3.8, 4) is 0 Å². The van der Waals surface area contributed by atoms with Gasteiger partial charge < -0.3 is 15.5 Å². The Hall–Kier alpha value is -0.980. The van der Waals surface area contributed by atoms with Crippen molar-refractivity contribution in [2.45, 2.75) is 25.4 Å². The Balaban J connectivity index is 2.58. The van der Waals surface area contributed by atoms with Crippen molar-refractivity contribution in [1.82, 2.24) is 20.1 Å². The van der Waals surface area contributed by atoms with Crippen LogP contribution in [0.4, 0.5) is 0 Å². The molecule has 1 aromatic heterocycles. The number of aryl methyl sites for hydroxylation is 1. The summed E-state index contributed by atoms with van der Waals surface area (Å²) in [6, 6.07) is 0. The number of aliphatic hydroxyl groups is 2. The molecule has 0 aromatic carbocycles. The zero-order valence-corrected chi connectivity index (χ0v) is 9.14. The minimum Gasteiger partial charge on any atom is -0.394 e. The topological polar surface area (TPSA) is 83.2 Å². The van der Waals surface area contributed by atoms with Gasteiger partial charge in [-0.2, -0.15) is 5.10 Å². The van der Waals surface area contributed by atoms with Gasteiger partial charge in [-0.15, -0.1) is 0 Å². The molecule has 0 unspecified atom stereocenters. The summed E-state index contributed by atoms with van der Waals surface area (Å²) in [5.41, 5.74) is -0.633. The highest BCUT2D eigenvalue weighted by Gasteiger charge is 2.26. The third-order valence-electron chi connectivity index (χ3n) is 2.71. The molecule has 6 heteroatoms. The second kappa shape index (κ2) is 5.20. The molecule has 0 amide bonds. The fraction of sp³-hybridized carbons (Fsp3) is 0.778. The molecule has 3 N–H and O–H groups in total. The Kier molecular flexibility index (Phi) is 4.19. The first-order valence-electron chi connectivity index (χ1n) is 4.97. The Morgan fingerprint density at radius 2 is 2.13 bits per heavy atom. The van der Waals surface area contributed by atoms with Crippen molar-refractivity contribution in [2.24, 2.45) is 7.05 Å². The first kappa shape index (κ1) is 12.1. The molecular weight excluding hydrogens is 196 g/mol. The Bertz CT molecular complexity index is 288. The molecule has 0 aliphatic carbocycles. The quantitative estimate of drug-likeness (QED) is 0.568. The third kappa shape index (κ3) is 2.74. The lowest BCUT2D eigenvalue weighted by Gasteiger charge is -2.29. The van der Waals surface area contributed by atoms with Gasteiger partial charge in [0.1, 0.15) is 12.2 Å². The van der Waals surface area contributed by atoms with Crippen molar-refractivity contribution in [1.29, 1.82) is 0 Å². The van der Waals surface area contributed by atoms with Crippen LogP contribution in [0, 0.1) is 0 Å². The highest BCUT2D eigenvalue weighted by atomic mass is 16.3. The van der Waals surface area contributed by atoms with Crippen LogP contribution in [-0.2, 0) is 13.6 Å². The number of aliphatic hydroxyl groups excluding tert-OH is 2. The van der Waals surface area contributed by atoms with E-state index in [1.165, 1.54) is 6.33 Å². The zero-order chi connectivity index (χ0) is 11.3. The molecule has 0 aliphatic rings. The molecule has 0 atom stereocenters. The number of hydrogen-bond acceptors (Lipinski definition) is 5. The summed E-state index contributed by atoms with van der Waals surface area (Å²) in [4.78, 5) is 4.05. The minimum atomic E-state index is -0.633. The van der Waals surface area contributed by atoms with Crippen LogP contribution in [0.5, 0.6) is 0 Å². The molecule has 1 aromatic rings. The van der Waals surface area contributed by atoms with Gasteiger partial charge in [-0.3, -0.25) is 4.68 Å². The van der Waals surface area contributed by atoms with E-state index < -0.39 is 5.54 Å². The first-order chi connectivity index (χ1) is 7.17. The maximum atomic E-state index is 9.21. The predicted octanol–water partition coefficient (Wildman–Crippen LogP) is -0.962. The summed E-state index contributed by atoms with van der Waals surface area (Å²) < 4.78 is 1.65. The summed E-state index contributed by atoms with van der Waals surface area (Å²) in [6.07, 6.45) is 2.13. The molecule has 6 nitrogen and oxygen atoms in total. The smallest absolute Gasteiger partial charge is 0.140 e. The van der Waals surface area contributed by atoms with Crippen LogP contribution in [0.25, 0.3) is 0 Å². The molecule has 86 valence electrons. The van der Waals surface area contributed by atoms with Crippen molar-refractivity contribution < 1.29 is 10.2 Å². The number of aromatic nitrogens is 3. The molecule has 0 spiro atoms. The maximum Gasteiger partial charge on any atom is 0.140 e. The second-order valence-electron chi connectivity index (χ2n) is 3.60. The lowest BCUT2D eigenvalue weighted by molar-refractivity contribution is 0.0855. The summed E-state index contributed by atoms with van der Waals surface area (Å²) >= 11 is 0. The van der Waals surface area contributed by atoms with E-state index in [2.05, 4.69) is 15.4 Å². The van der Waals surface area contributed by atoms with Gasteiger partial charge in [0.05, 0.1) is 25.3 Å². The van der Waals surface area contributed by atoms with E-state index in [0.717, 1.165) is 5.82 Å². The van der Waals surface area contributed by atoms with Crippen LogP contribution < -0.4 is 5.32 Å². The third-order valence-corrected chi connectivity index (χ3v) is 2.71. The largest absolute Gasteiger partial charge is 0.394 e. The van der Waals surface area contributed by atoms with Crippen LogP contribution in [0.15, 0.2) is 6.33 Å². The Morgan fingerprint density at radius 3 is 2.53 bits per heavy atom. The second-order valence-corrected chi connectivity index (χ2v) is 3.60. The molecule has 0 saturated carbocycles. The SMILES string of the molecule is CCC(CO)(CO)NCc1ncnn1C. The fourth-order valence-electron chi connectivity index (χ4n) is 1.26. The molecule has 1 rings (SSSR count). The standard InChI is InChI=1S/C9H18N4O2/c1-3-9(5-14,6-15)11-4-8-10-7-12-13(8)2/h7,11,14-15H,3-6H2,1-2H3. The molecule has 1 heterocycles. The fourth-order valence-corrected chi connectivity index (χ4v) is 1.26. The van der Waals surface area contributed by atoms with Crippen molar-refractivity contribution >= 4 is 0 Å². The summed E-state index contributed by atoms with van der Waals surface area (Å²) in [7, 11) is 1.80. The van der Waals surface area contributed by atoms with Crippen molar-refractivity contribution in [2.75, 3.05) is 13.2 Å². The first-order valence-corrected chi connectivity index (χ1v) is 4.97. The number of hydrogen-bond donors (Lipinski definition) is 3. The van der Waals surface area contributed by atoms with E-state index in [9.17, 15) is 10.2 Å². The van der Waals surface area contributed by atoms with Gasteiger partial charge in [0.15, 0.2) is 0 Å². The van der Waals surface area contributed by atoms with Crippen LogP contribution >= 0.6 is 0 Å². The van der Waals surface area contributed by atoms with Crippen molar-refractivity contribution in [3.05, 3.63) is 12.2 Å². The average Bonchev–Trinajstić information content (AvgIpc) is 2.67. The molecule has 0 saturated heterocycles. The van der Waals surface area contributed by atoms with Gasteiger partial charge in [0.2, 0.25) is 0 Å². The van der Waals surface area contributed by atoms with Gasteiger partial charge >= 0.3 is 0 Å². The van der Waals surface area contributed by atoms with Gasteiger partial charge in [-0.25, -0.2) is 4.98 Å². The zero-order valence-electron chi connectivity index (χ0n) is 9.14. The lowest BCUT2D eigenvalue weighted by Crippen LogP contribution is -2.51. The molecule has 0 aliphatic heterocycles. The van der Waals surface area contributed by atoms with Gasteiger partial charge in [-0.1, -0.05) is 6.92 Å². The minimum absolute atomic E-state index is 0.0994. The van der Waals surface area contributed by atoms with Crippen LogP contribution in [-0.4, -0.2) is 43.7 Å². The van der Waals surface area contributed by atoms with E-state index in [0.29, 0.717) is 13.0 Å². The summed E-state index contributed by atoms with van der Waals surface area (Å²) in [6.45, 7) is 2.19. The highest BCUT2D eigenvalue weighted by Crippen LogP contribution is 2.09. The van der Waals surface area contributed by atoms with Crippen LogP contribution in [0.1, 0.15) is 19.2 Å². The molecule has 0 bridgehead atoms. The number of nitrogens with zero attached hydrogens (tertiary/aromatic N) is 3. The Morgan fingerprint density at radius 1 is 1.47 bits per heavy atom.